The van der Waals surface area contributed by atoms with E-state index >= 15 is 0 Å². The maximum atomic E-state index is 4.21. The third-order valence-electron chi connectivity index (χ3n) is 2.60. The number of rotatable bonds is 5. The molecule has 1 N–H and O–H groups in total. The highest BCUT2D eigenvalue weighted by Crippen LogP contribution is 2.11. The van der Waals surface area contributed by atoms with Crippen molar-refractivity contribution in [2.75, 3.05) is 19.0 Å². The van der Waals surface area contributed by atoms with E-state index in [4.69, 9.17) is 0 Å². The molecule has 5 heteroatoms. The van der Waals surface area contributed by atoms with Gasteiger partial charge >= 0.3 is 0 Å². The van der Waals surface area contributed by atoms with E-state index in [1.807, 2.05) is 49.5 Å². The van der Waals surface area contributed by atoms with Crippen LogP contribution < -0.4 is 10.2 Å². The van der Waals surface area contributed by atoms with Gasteiger partial charge in [-0.2, -0.15) is 5.10 Å². The summed E-state index contributed by atoms with van der Waals surface area (Å²) in [6.45, 7) is 1.51. The molecular formula is C13H17N5. The van der Waals surface area contributed by atoms with Crippen LogP contribution in [0.25, 0.3) is 0 Å². The Hall–Kier alpha value is -2.01. The van der Waals surface area contributed by atoms with E-state index in [9.17, 15) is 0 Å². The Morgan fingerprint density at radius 3 is 2.72 bits per heavy atom. The predicted molar refractivity (Wildman–Crippen MR) is 71.1 cm³/mol. The number of anilines is 1. The fourth-order valence-electron chi connectivity index (χ4n) is 1.68. The molecular weight excluding hydrogens is 226 g/mol. The molecule has 0 saturated heterocycles. The lowest BCUT2D eigenvalue weighted by Gasteiger charge is -2.17. The van der Waals surface area contributed by atoms with Gasteiger partial charge < -0.3 is 10.2 Å². The summed E-state index contributed by atoms with van der Waals surface area (Å²) in [7, 11) is 3.89. The minimum absolute atomic E-state index is 0.736. The molecule has 0 amide bonds. The van der Waals surface area contributed by atoms with Crippen LogP contribution in [0.1, 0.15) is 11.3 Å². The summed E-state index contributed by atoms with van der Waals surface area (Å²) >= 11 is 0. The number of nitrogens with one attached hydrogen (secondary N) is 1. The first-order valence-electron chi connectivity index (χ1n) is 5.87. The molecule has 0 aromatic carbocycles. The topological polar surface area (TPSA) is 53.9 Å². The largest absolute Gasteiger partial charge is 0.354 e. The van der Waals surface area contributed by atoms with E-state index in [1.54, 1.807) is 6.20 Å². The standard InChI is InChI=1S/C13H17N5/c1-14-9-12-5-6-13(17-16-12)18(2)10-11-4-3-7-15-8-11/h3-8,14H,9-10H2,1-2H3. The van der Waals surface area contributed by atoms with E-state index in [0.717, 1.165) is 30.2 Å². The Kier molecular flexibility index (Phi) is 4.20. The fraction of sp³-hybridized carbons (Fsp3) is 0.308. The van der Waals surface area contributed by atoms with E-state index < -0.39 is 0 Å². The highest BCUT2D eigenvalue weighted by Gasteiger charge is 2.04. The van der Waals surface area contributed by atoms with Crippen molar-refractivity contribution in [3.8, 4) is 0 Å². The summed E-state index contributed by atoms with van der Waals surface area (Å²) in [5.41, 5.74) is 2.09. The molecule has 0 aliphatic heterocycles. The van der Waals surface area contributed by atoms with Gasteiger partial charge in [0.05, 0.1) is 5.69 Å². The van der Waals surface area contributed by atoms with E-state index in [-0.39, 0.29) is 0 Å². The monoisotopic (exact) mass is 243 g/mol. The first-order valence-corrected chi connectivity index (χ1v) is 5.87. The van der Waals surface area contributed by atoms with E-state index in [2.05, 4.69) is 20.5 Å². The SMILES string of the molecule is CNCc1ccc(N(C)Cc2cccnc2)nn1. The summed E-state index contributed by atoms with van der Waals surface area (Å²) in [4.78, 5) is 6.15. The normalized spacial score (nSPS) is 10.3. The van der Waals surface area contributed by atoms with Crippen LogP contribution in [0, 0.1) is 0 Å². The zero-order chi connectivity index (χ0) is 12.8. The van der Waals surface area contributed by atoms with Gasteiger partial charge in [-0.1, -0.05) is 6.07 Å². The zero-order valence-corrected chi connectivity index (χ0v) is 10.7. The van der Waals surface area contributed by atoms with Crippen molar-refractivity contribution in [1.82, 2.24) is 20.5 Å². The minimum Gasteiger partial charge on any atom is -0.354 e. The number of hydrogen-bond acceptors (Lipinski definition) is 5. The van der Waals surface area contributed by atoms with Crippen molar-refractivity contribution >= 4 is 5.82 Å². The maximum Gasteiger partial charge on any atom is 0.151 e. The van der Waals surface area contributed by atoms with Crippen LogP contribution in [0.4, 0.5) is 5.82 Å². The van der Waals surface area contributed by atoms with Gasteiger partial charge in [0.15, 0.2) is 5.82 Å². The van der Waals surface area contributed by atoms with Crippen molar-refractivity contribution in [3.05, 3.63) is 47.9 Å². The highest BCUT2D eigenvalue weighted by molar-refractivity contribution is 5.37. The molecule has 0 aliphatic rings. The lowest BCUT2D eigenvalue weighted by Crippen LogP contribution is -2.18. The number of aromatic nitrogens is 3. The van der Waals surface area contributed by atoms with Gasteiger partial charge in [-0.3, -0.25) is 4.98 Å². The Balaban J connectivity index is 2.02. The van der Waals surface area contributed by atoms with Crippen LogP contribution in [0.15, 0.2) is 36.7 Å². The second-order valence-corrected chi connectivity index (χ2v) is 4.13. The lowest BCUT2D eigenvalue weighted by atomic mass is 10.2. The van der Waals surface area contributed by atoms with Gasteiger partial charge in [0.2, 0.25) is 0 Å². The Bertz CT molecular complexity index is 469. The predicted octanol–water partition coefficient (Wildman–Crippen LogP) is 1.23. The summed E-state index contributed by atoms with van der Waals surface area (Å²) in [5.74, 6) is 0.860. The molecule has 18 heavy (non-hydrogen) atoms. The van der Waals surface area contributed by atoms with Crippen molar-refractivity contribution in [2.24, 2.45) is 0 Å². The molecule has 0 radical (unpaired) electrons. The second kappa shape index (κ2) is 6.07. The molecule has 5 nitrogen and oxygen atoms in total. The summed E-state index contributed by atoms with van der Waals surface area (Å²) < 4.78 is 0. The van der Waals surface area contributed by atoms with Crippen LogP contribution in [0.5, 0.6) is 0 Å². The molecule has 94 valence electrons. The number of hydrogen-bond donors (Lipinski definition) is 1. The summed E-state index contributed by atoms with van der Waals surface area (Å²) in [6, 6.07) is 7.95. The average Bonchev–Trinajstić information content (AvgIpc) is 2.41. The molecule has 0 unspecified atom stereocenters. The molecule has 2 rings (SSSR count). The summed E-state index contributed by atoms with van der Waals surface area (Å²) in [5, 5.41) is 11.4. The van der Waals surface area contributed by atoms with Crippen LogP contribution in [0.3, 0.4) is 0 Å². The number of pyridine rings is 1. The van der Waals surface area contributed by atoms with Gasteiger partial charge in [0.25, 0.3) is 0 Å². The smallest absolute Gasteiger partial charge is 0.151 e. The molecule has 2 aromatic rings. The number of nitrogens with zero attached hydrogens (tertiary/aromatic N) is 4. The molecule has 0 saturated carbocycles. The highest BCUT2D eigenvalue weighted by atomic mass is 15.2. The molecule has 2 heterocycles. The molecule has 0 spiro atoms. The van der Waals surface area contributed by atoms with Gasteiger partial charge in [-0.15, -0.1) is 5.10 Å². The zero-order valence-electron chi connectivity index (χ0n) is 10.7. The van der Waals surface area contributed by atoms with Crippen LogP contribution in [-0.4, -0.2) is 29.3 Å². The summed E-state index contributed by atoms with van der Waals surface area (Å²) in [6.07, 6.45) is 3.63. The Morgan fingerprint density at radius 2 is 2.11 bits per heavy atom. The van der Waals surface area contributed by atoms with E-state index in [1.165, 1.54) is 0 Å². The third-order valence-corrected chi connectivity index (χ3v) is 2.60. The second-order valence-electron chi connectivity index (χ2n) is 4.13. The van der Waals surface area contributed by atoms with E-state index in [0.29, 0.717) is 0 Å². The Labute approximate surface area is 107 Å². The molecule has 0 aliphatic carbocycles. The van der Waals surface area contributed by atoms with Gasteiger partial charge in [-0.25, -0.2) is 0 Å². The van der Waals surface area contributed by atoms with Crippen LogP contribution >= 0.6 is 0 Å². The van der Waals surface area contributed by atoms with Crippen molar-refractivity contribution in [1.29, 1.82) is 0 Å². The quantitative estimate of drug-likeness (QED) is 0.856. The van der Waals surface area contributed by atoms with Crippen LogP contribution in [0.2, 0.25) is 0 Å². The molecule has 2 aromatic heterocycles. The fourth-order valence-corrected chi connectivity index (χ4v) is 1.68. The minimum atomic E-state index is 0.736. The van der Waals surface area contributed by atoms with Gasteiger partial charge in [0, 0.05) is 32.5 Å². The van der Waals surface area contributed by atoms with Gasteiger partial charge in [-0.05, 0) is 30.8 Å². The first kappa shape index (κ1) is 12.4. The van der Waals surface area contributed by atoms with Gasteiger partial charge in [0.1, 0.15) is 0 Å². The first-order chi connectivity index (χ1) is 8.79. The molecule has 0 bridgehead atoms. The third kappa shape index (κ3) is 3.24. The van der Waals surface area contributed by atoms with Crippen molar-refractivity contribution in [3.63, 3.8) is 0 Å². The van der Waals surface area contributed by atoms with Crippen molar-refractivity contribution in [2.45, 2.75) is 13.1 Å². The molecule has 0 fully saturated rings. The Morgan fingerprint density at radius 1 is 1.22 bits per heavy atom. The molecule has 0 atom stereocenters. The average molecular weight is 243 g/mol. The maximum absolute atomic E-state index is 4.21. The van der Waals surface area contributed by atoms with Crippen molar-refractivity contribution < 1.29 is 0 Å². The van der Waals surface area contributed by atoms with Crippen LogP contribution in [-0.2, 0) is 13.1 Å². The lowest BCUT2D eigenvalue weighted by molar-refractivity contribution is 0.759.